The number of nitrogens with one attached hydrogen (secondary N) is 2. The highest BCUT2D eigenvalue weighted by Gasteiger charge is 2.28. The second kappa shape index (κ2) is 7.31. The zero-order chi connectivity index (χ0) is 17.9. The van der Waals surface area contributed by atoms with Crippen LogP contribution >= 0.6 is 0 Å². The Morgan fingerprint density at radius 1 is 1.23 bits per heavy atom. The van der Waals surface area contributed by atoms with Crippen LogP contribution in [0.2, 0.25) is 0 Å². The highest BCUT2D eigenvalue weighted by molar-refractivity contribution is 5.92. The van der Waals surface area contributed by atoms with Crippen molar-refractivity contribution >= 4 is 17.7 Å². The van der Waals surface area contributed by atoms with Crippen LogP contribution in [0.4, 0.5) is 11.8 Å². The molecule has 4 rings (SSSR count). The van der Waals surface area contributed by atoms with Crippen molar-refractivity contribution in [3.05, 3.63) is 29.3 Å². The van der Waals surface area contributed by atoms with E-state index in [1.165, 1.54) is 12.8 Å². The zero-order valence-corrected chi connectivity index (χ0v) is 15.0. The van der Waals surface area contributed by atoms with Gasteiger partial charge in [0.15, 0.2) is 5.69 Å². The Kier molecular flexibility index (Phi) is 4.73. The minimum atomic E-state index is -0.217. The minimum absolute atomic E-state index is 0.217. The van der Waals surface area contributed by atoms with Gasteiger partial charge in [-0.2, -0.15) is 4.98 Å². The molecular weight excluding hydrogens is 332 g/mol. The van der Waals surface area contributed by atoms with Crippen LogP contribution < -0.4 is 15.5 Å². The summed E-state index contributed by atoms with van der Waals surface area (Å²) in [6.07, 6.45) is 4.66. The molecule has 0 bridgehead atoms. The standard InChI is InChI=1S/C18H24N6O2/c1-12-10-16(24-8-2-3-9-24)22-18(21-12)20-7-6-19-17(25)14-11-15(26-23-14)13-4-5-13/h10-11,13H,2-9H2,1H3,(H,19,25)(H,20,21,22). The van der Waals surface area contributed by atoms with Crippen molar-refractivity contribution in [3.63, 3.8) is 0 Å². The molecule has 0 unspecified atom stereocenters. The average molecular weight is 356 g/mol. The van der Waals surface area contributed by atoms with E-state index in [-0.39, 0.29) is 5.91 Å². The maximum absolute atomic E-state index is 12.1. The van der Waals surface area contributed by atoms with Crippen molar-refractivity contribution in [2.75, 3.05) is 36.4 Å². The quantitative estimate of drug-likeness (QED) is 0.733. The van der Waals surface area contributed by atoms with Gasteiger partial charge in [-0.15, -0.1) is 0 Å². The summed E-state index contributed by atoms with van der Waals surface area (Å²) < 4.78 is 5.21. The molecule has 138 valence electrons. The maximum Gasteiger partial charge on any atom is 0.273 e. The molecule has 26 heavy (non-hydrogen) atoms. The predicted molar refractivity (Wildman–Crippen MR) is 97.5 cm³/mol. The highest BCUT2D eigenvalue weighted by Crippen LogP contribution is 2.40. The fourth-order valence-electron chi connectivity index (χ4n) is 3.14. The maximum atomic E-state index is 12.1. The van der Waals surface area contributed by atoms with Crippen molar-refractivity contribution in [3.8, 4) is 0 Å². The first-order chi connectivity index (χ1) is 12.7. The van der Waals surface area contributed by atoms with Gasteiger partial charge in [-0.1, -0.05) is 5.16 Å². The van der Waals surface area contributed by atoms with Crippen molar-refractivity contribution in [2.45, 2.75) is 38.5 Å². The molecule has 2 N–H and O–H groups in total. The molecule has 2 aliphatic rings. The van der Waals surface area contributed by atoms with Crippen molar-refractivity contribution in [1.82, 2.24) is 20.4 Å². The van der Waals surface area contributed by atoms with E-state index in [9.17, 15) is 4.79 Å². The van der Waals surface area contributed by atoms with Gasteiger partial charge in [0.05, 0.1) is 0 Å². The van der Waals surface area contributed by atoms with Gasteiger partial charge in [-0.3, -0.25) is 4.79 Å². The molecule has 2 aromatic heterocycles. The highest BCUT2D eigenvalue weighted by atomic mass is 16.5. The van der Waals surface area contributed by atoms with Gasteiger partial charge in [0.2, 0.25) is 5.95 Å². The van der Waals surface area contributed by atoms with Crippen LogP contribution in [-0.4, -0.2) is 47.2 Å². The second-order valence-electron chi connectivity index (χ2n) is 6.96. The molecule has 1 aliphatic carbocycles. The minimum Gasteiger partial charge on any atom is -0.360 e. The lowest BCUT2D eigenvalue weighted by Crippen LogP contribution is -2.29. The second-order valence-corrected chi connectivity index (χ2v) is 6.96. The monoisotopic (exact) mass is 356 g/mol. The van der Waals surface area contributed by atoms with E-state index in [0.29, 0.717) is 30.6 Å². The molecule has 1 aliphatic heterocycles. The summed E-state index contributed by atoms with van der Waals surface area (Å²) >= 11 is 0. The largest absolute Gasteiger partial charge is 0.360 e. The lowest BCUT2D eigenvalue weighted by Gasteiger charge is -2.17. The van der Waals surface area contributed by atoms with Gasteiger partial charge in [-0.25, -0.2) is 4.98 Å². The molecule has 0 radical (unpaired) electrons. The summed E-state index contributed by atoms with van der Waals surface area (Å²) in [5.41, 5.74) is 1.28. The Labute approximate surface area is 152 Å². The summed E-state index contributed by atoms with van der Waals surface area (Å²) in [5.74, 6) is 2.62. The molecule has 0 spiro atoms. The Morgan fingerprint density at radius 2 is 2.04 bits per heavy atom. The summed E-state index contributed by atoms with van der Waals surface area (Å²) in [5, 5.41) is 9.86. The van der Waals surface area contributed by atoms with Crippen LogP contribution in [0.15, 0.2) is 16.7 Å². The Balaban J connectivity index is 1.26. The van der Waals surface area contributed by atoms with E-state index in [2.05, 4.69) is 30.7 Å². The summed E-state index contributed by atoms with van der Waals surface area (Å²) in [6.45, 7) is 5.07. The van der Waals surface area contributed by atoms with Gasteiger partial charge in [-0.05, 0) is 32.6 Å². The SMILES string of the molecule is Cc1cc(N2CCCC2)nc(NCCNC(=O)c2cc(C3CC3)on2)n1. The molecule has 8 nitrogen and oxygen atoms in total. The number of aromatic nitrogens is 3. The van der Waals surface area contributed by atoms with Crippen molar-refractivity contribution in [2.24, 2.45) is 0 Å². The number of rotatable bonds is 7. The first-order valence-electron chi connectivity index (χ1n) is 9.28. The van der Waals surface area contributed by atoms with Crippen LogP contribution in [-0.2, 0) is 0 Å². The number of hydrogen-bond donors (Lipinski definition) is 2. The molecule has 2 aromatic rings. The first kappa shape index (κ1) is 16.8. The van der Waals surface area contributed by atoms with E-state index >= 15 is 0 Å². The predicted octanol–water partition coefficient (Wildman–Crippen LogP) is 2.09. The first-order valence-corrected chi connectivity index (χ1v) is 9.28. The summed E-state index contributed by atoms with van der Waals surface area (Å²) in [4.78, 5) is 23.4. The number of anilines is 2. The molecule has 8 heteroatoms. The smallest absolute Gasteiger partial charge is 0.273 e. The normalized spacial score (nSPS) is 16.7. The lowest BCUT2D eigenvalue weighted by molar-refractivity contribution is 0.0946. The van der Waals surface area contributed by atoms with Gasteiger partial charge >= 0.3 is 0 Å². The van der Waals surface area contributed by atoms with Crippen LogP contribution in [0.3, 0.4) is 0 Å². The van der Waals surface area contributed by atoms with E-state index in [4.69, 9.17) is 4.52 Å². The van der Waals surface area contributed by atoms with Gasteiger partial charge in [0.25, 0.3) is 5.91 Å². The molecule has 0 atom stereocenters. The molecule has 1 saturated heterocycles. The molecule has 0 aromatic carbocycles. The molecular formula is C18H24N6O2. The van der Waals surface area contributed by atoms with E-state index in [0.717, 1.165) is 43.2 Å². The topological polar surface area (TPSA) is 96.2 Å². The van der Waals surface area contributed by atoms with Gasteiger partial charge in [0.1, 0.15) is 11.6 Å². The van der Waals surface area contributed by atoms with Crippen LogP contribution in [0, 0.1) is 6.92 Å². The Morgan fingerprint density at radius 3 is 2.81 bits per heavy atom. The summed E-state index contributed by atoms with van der Waals surface area (Å²) in [7, 11) is 0. The number of amides is 1. The van der Waals surface area contributed by atoms with E-state index < -0.39 is 0 Å². The van der Waals surface area contributed by atoms with Crippen LogP contribution in [0.25, 0.3) is 0 Å². The van der Waals surface area contributed by atoms with Gasteiger partial charge < -0.3 is 20.1 Å². The number of carbonyl (C=O) groups is 1. The fraction of sp³-hybridized carbons (Fsp3) is 0.556. The fourth-order valence-corrected chi connectivity index (χ4v) is 3.14. The van der Waals surface area contributed by atoms with Gasteiger partial charge in [0, 0.05) is 49.9 Å². The number of carbonyl (C=O) groups excluding carboxylic acids is 1. The van der Waals surface area contributed by atoms with Crippen molar-refractivity contribution < 1.29 is 9.32 Å². The lowest BCUT2D eigenvalue weighted by atomic mass is 10.3. The zero-order valence-electron chi connectivity index (χ0n) is 15.0. The van der Waals surface area contributed by atoms with Crippen LogP contribution in [0.5, 0.6) is 0 Å². The van der Waals surface area contributed by atoms with E-state index in [1.54, 1.807) is 6.07 Å². The molecule has 1 amide bonds. The molecule has 2 fully saturated rings. The number of hydrogen-bond acceptors (Lipinski definition) is 7. The third-order valence-corrected chi connectivity index (χ3v) is 4.71. The third kappa shape index (κ3) is 3.95. The molecule has 1 saturated carbocycles. The average Bonchev–Trinajstić information content (AvgIpc) is 3.13. The van der Waals surface area contributed by atoms with E-state index in [1.807, 2.05) is 13.0 Å². The van der Waals surface area contributed by atoms with Crippen LogP contribution in [0.1, 0.15) is 53.5 Å². The number of nitrogens with zero attached hydrogens (tertiary/aromatic N) is 4. The molecule has 3 heterocycles. The van der Waals surface area contributed by atoms with Crippen molar-refractivity contribution in [1.29, 1.82) is 0 Å². The Hall–Kier alpha value is -2.64. The number of aryl methyl sites for hydroxylation is 1. The Bertz CT molecular complexity index is 780. The third-order valence-electron chi connectivity index (χ3n) is 4.71. The summed E-state index contributed by atoms with van der Waals surface area (Å²) in [6, 6.07) is 3.76.